The molecule has 1 amide bonds. The van der Waals surface area contributed by atoms with E-state index < -0.39 is 6.61 Å². The number of nitrogens with zero attached hydrogens (tertiary/aromatic N) is 1. The minimum atomic E-state index is -2.93. The molecule has 0 aliphatic rings. The molecule has 0 saturated carbocycles. The summed E-state index contributed by atoms with van der Waals surface area (Å²) in [4.78, 5) is 13.8. The monoisotopic (exact) mass is 361 g/mol. The van der Waals surface area contributed by atoms with Crippen LogP contribution >= 0.6 is 0 Å². The average molecular weight is 361 g/mol. The van der Waals surface area contributed by atoms with Crippen LogP contribution in [0, 0.1) is 6.92 Å². The van der Waals surface area contributed by atoms with Crippen molar-refractivity contribution in [3.63, 3.8) is 0 Å². The van der Waals surface area contributed by atoms with Crippen molar-refractivity contribution in [2.75, 3.05) is 14.2 Å². The molecule has 2 aromatic carbocycles. The average Bonchev–Trinajstić information content (AvgIpc) is 2.60. The second-order valence-corrected chi connectivity index (χ2v) is 5.81. The van der Waals surface area contributed by atoms with Crippen molar-refractivity contribution in [2.45, 2.75) is 20.1 Å². The normalized spacial score (nSPS) is 11.0. The zero-order chi connectivity index (χ0) is 19.1. The fourth-order valence-electron chi connectivity index (χ4n) is 2.42. The van der Waals surface area contributed by atoms with Gasteiger partial charge in [0.15, 0.2) is 11.5 Å². The van der Waals surface area contributed by atoms with Gasteiger partial charge in [-0.15, -0.1) is 0 Å². The second-order valence-electron chi connectivity index (χ2n) is 5.81. The molecule has 0 N–H and O–H groups in total. The maximum Gasteiger partial charge on any atom is 0.387 e. The number of rotatable bonds is 7. The SMILES string of the molecule is COc1cc(CN(C)C(=O)/C=C/c2cccc(C)c2)ccc1OC(F)F. The van der Waals surface area contributed by atoms with E-state index >= 15 is 0 Å². The Morgan fingerprint density at radius 2 is 1.96 bits per heavy atom. The number of amides is 1. The summed E-state index contributed by atoms with van der Waals surface area (Å²) >= 11 is 0. The molecule has 2 aromatic rings. The van der Waals surface area contributed by atoms with Crippen molar-refractivity contribution in [3.8, 4) is 11.5 Å². The summed E-state index contributed by atoms with van der Waals surface area (Å²) in [5, 5.41) is 0. The van der Waals surface area contributed by atoms with Crippen molar-refractivity contribution in [3.05, 3.63) is 65.2 Å². The standard InChI is InChI=1S/C20H21F2NO3/c1-14-5-4-6-15(11-14)8-10-19(24)23(2)13-16-7-9-17(26-20(21)22)18(12-16)25-3/h4-12,20H,13H2,1-3H3/b10-8+. The van der Waals surface area contributed by atoms with E-state index in [9.17, 15) is 13.6 Å². The number of halogens is 2. The third-order valence-electron chi connectivity index (χ3n) is 3.70. The summed E-state index contributed by atoms with van der Waals surface area (Å²) in [6, 6.07) is 12.4. The summed E-state index contributed by atoms with van der Waals surface area (Å²) in [5.41, 5.74) is 2.80. The number of ether oxygens (including phenoxy) is 2. The predicted octanol–water partition coefficient (Wildman–Crippen LogP) is 4.28. The Labute approximate surface area is 151 Å². The number of aryl methyl sites for hydroxylation is 1. The molecule has 0 fully saturated rings. The van der Waals surface area contributed by atoms with E-state index in [1.807, 2.05) is 31.2 Å². The van der Waals surface area contributed by atoms with Gasteiger partial charge in [0.05, 0.1) is 7.11 Å². The molecule has 26 heavy (non-hydrogen) atoms. The molecular formula is C20H21F2NO3. The van der Waals surface area contributed by atoms with Gasteiger partial charge in [0.1, 0.15) is 0 Å². The van der Waals surface area contributed by atoms with Crippen LogP contribution in [0.4, 0.5) is 8.78 Å². The Morgan fingerprint density at radius 1 is 1.19 bits per heavy atom. The van der Waals surface area contributed by atoms with Gasteiger partial charge in [-0.2, -0.15) is 8.78 Å². The Kier molecular flexibility index (Phi) is 6.72. The first-order valence-corrected chi connectivity index (χ1v) is 8.00. The van der Waals surface area contributed by atoms with Crippen LogP contribution in [0.3, 0.4) is 0 Å². The van der Waals surface area contributed by atoms with Crippen LogP contribution in [0.5, 0.6) is 11.5 Å². The summed E-state index contributed by atoms with van der Waals surface area (Å²) in [7, 11) is 3.04. The molecule has 0 heterocycles. The highest BCUT2D eigenvalue weighted by Crippen LogP contribution is 2.29. The quantitative estimate of drug-likeness (QED) is 0.691. The van der Waals surface area contributed by atoms with E-state index in [1.165, 1.54) is 24.2 Å². The van der Waals surface area contributed by atoms with Crippen LogP contribution in [0.2, 0.25) is 0 Å². The highest BCUT2D eigenvalue weighted by Gasteiger charge is 2.13. The molecule has 4 nitrogen and oxygen atoms in total. The summed E-state index contributed by atoms with van der Waals surface area (Å²) in [6.07, 6.45) is 3.26. The molecule has 0 aliphatic heterocycles. The zero-order valence-corrected chi connectivity index (χ0v) is 14.9. The van der Waals surface area contributed by atoms with E-state index in [2.05, 4.69) is 4.74 Å². The van der Waals surface area contributed by atoms with Crippen LogP contribution < -0.4 is 9.47 Å². The van der Waals surface area contributed by atoms with Crippen molar-refractivity contribution in [1.82, 2.24) is 4.90 Å². The summed E-state index contributed by atoms with van der Waals surface area (Å²) < 4.78 is 34.2. The molecule has 6 heteroatoms. The lowest BCUT2D eigenvalue weighted by molar-refractivity contribution is -0.125. The van der Waals surface area contributed by atoms with E-state index in [-0.39, 0.29) is 17.4 Å². The van der Waals surface area contributed by atoms with Gasteiger partial charge in [-0.25, -0.2) is 0 Å². The first kappa shape index (κ1) is 19.4. The molecule has 0 radical (unpaired) electrons. The maximum atomic E-state index is 12.4. The fourth-order valence-corrected chi connectivity index (χ4v) is 2.42. The van der Waals surface area contributed by atoms with Gasteiger partial charge in [0.2, 0.25) is 5.91 Å². The van der Waals surface area contributed by atoms with Crippen molar-refractivity contribution >= 4 is 12.0 Å². The van der Waals surface area contributed by atoms with Gasteiger partial charge in [0.25, 0.3) is 0 Å². The minimum absolute atomic E-state index is 0.0421. The lowest BCUT2D eigenvalue weighted by atomic mass is 10.1. The van der Waals surface area contributed by atoms with Crippen LogP contribution in [0.15, 0.2) is 48.5 Å². The van der Waals surface area contributed by atoms with Gasteiger partial charge in [-0.05, 0) is 36.3 Å². The molecule has 0 spiro atoms. The Hall–Kier alpha value is -2.89. The minimum Gasteiger partial charge on any atom is -0.493 e. The van der Waals surface area contributed by atoms with Gasteiger partial charge in [0, 0.05) is 19.7 Å². The number of carbonyl (C=O) groups is 1. The fraction of sp³-hybridized carbons (Fsp3) is 0.250. The smallest absolute Gasteiger partial charge is 0.387 e. The highest BCUT2D eigenvalue weighted by molar-refractivity contribution is 5.91. The van der Waals surface area contributed by atoms with Gasteiger partial charge in [-0.1, -0.05) is 35.9 Å². The van der Waals surface area contributed by atoms with Crippen LogP contribution in [0.1, 0.15) is 16.7 Å². The molecular weight excluding hydrogens is 340 g/mol. The van der Waals surface area contributed by atoms with E-state index in [1.54, 1.807) is 25.3 Å². The molecule has 0 saturated heterocycles. The summed E-state index contributed by atoms with van der Waals surface area (Å²) in [6.45, 7) is -0.631. The Balaban J connectivity index is 2.04. The lowest BCUT2D eigenvalue weighted by Crippen LogP contribution is -2.24. The molecule has 0 aliphatic carbocycles. The number of likely N-dealkylation sites (N-methyl/N-ethyl adjacent to an activating group) is 1. The number of alkyl halides is 2. The maximum absolute atomic E-state index is 12.4. The molecule has 138 valence electrons. The van der Waals surface area contributed by atoms with Crippen LogP contribution in [-0.4, -0.2) is 31.6 Å². The van der Waals surface area contributed by atoms with E-state index in [4.69, 9.17) is 4.74 Å². The third-order valence-corrected chi connectivity index (χ3v) is 3.70. The second kappa shape index (κ2) is 8.99. The first-order chi connectivity index (χ1) is 12.4. The lowest BCUT2D eigenvalue weighted by Gasteiger charge is -2.17. The molecule has 0 bridgehead atoms. The molecule has 0 aromatic heterocycles. The Morgan fingerprint density at radius 3 is 2.62 bits per heavy atom. The Bertz CT molecular complexity index is 790. The molecule has 0 atom stereocenters. The number of methoxy groups -OCH3 is 1. The van der Waals surface area contributed by atoms with Crippen molar-refractivity contribution in [1.29, 1.82) is 0 Å². The van der Waals surface area contributed by atoms with E-state index in [0.29, 0.717) is 6.54 Å². The largest absolute Gasteiger partial charge is 0.493 e. The molecule has 0 unspecified atom stereocenters. The van der Waals surface area contributed by atoms with E-state index in [0.717, 1.165) is 16.7 Å². The van der Waals surface area contributed by atoms with Crippen LogP contribution in [0.25, 0.3) is 6.08 Å². The zero-order valence-electron chi connectivity index (χ0n) is 14.9. The predicted molar refractivity (Wildman–Crippen MR) is 96.3 cm³/mol. The highest BCUT2D eigenvalue weighted by atomic mass is 19.3. The number of hydrogen-bond donors (Lipinski definition) is 0. The number of carbonyl (C=O) groups excluding carboxylic acids is 1. The topological polar surface area (TPSA) is 38.8 Å². The van der Waals surface area contributed by atoms with Crippen molar-refractivity contribution < 1.29 is 23.0 Å². The third kappa shape index (κ3) is 5.58. The number of benzene rings is 2. The van der Waals surface area contributed by atoms with Gasteiger partial charge >= 0.3 is 6.61 Å². The van der Waals surface area contributed by atoms with Gasteiger partial charge < -0.3 is 14.4 Å². The van der Waals surface area contributed by atoms with Crippen molar-refractivity contribution in [2.24, 2.45) is 0 Å². The first-order valence-electron chi connectivity index (χ1n) is 8.00. The van der Waals surface area contributed by atoms with Crippen LogP contribution in [-0.2, 0) is 11.3 Å². The van der Waals surface area contributed by atoms with Gasteiger partial charge in [-0.3, -0.25) is 4.79 Å². The molecule has 2 rings (SSSR count). The number of hydrogen-bond acceptors (Lipinski definition) is 3. The summed E-state index contributed by atoms with van der Waals surface area (Å²) in [5.74, 6) is -0.0168.